The van der Waals surface area contributed by atoms with Crippen LogP contribution in [0.4, 0.5) is 4.39 Å². The monoisotopic (exact) mass is 296 g/mol. The summed E-state index contributed by atoms with van der Waals surface area (Å²) in [7, 11) is 0. The number of fused-ring (bicyclic) bond motifs is 1. The molecule has 2 saturated heterocycles. The molecule has 3 atom stereocenters. The van der Waals surface area contributed by atoms with Gasteiger partial charge >= 0.3 is 0 Å². The van der Waals surface area contributed by atoms with E-state index in [4.69, 9.17) is 11.6 Å². The molecule has 4 heteroatoms. The van der Waals surface area contributed by atoms with Gasteiger partial charge < -0.3 is 5.32 Å². The summed E-state index contributed by atoms with van der Waals surface area (Å²) in [6.45, 7) is 10.2. The Labute approximate surface area is 125 Å². The Bertz CT molecular complexity index is 517. The molecule has 110 valence electrons. The van der Waals surface area contributed by atoms with Crippen LogP contribution in [0, 0.1) is 17.7 Å². The van der Waals surface area contributed by atoms with E-state index in [0.29, 0.717) is 5.92 Å². The van der Waals surface area contributed by atoms with E-state index in [-0.39, 0.29) is 22.4 Å². The largest absolute Gasteiger partial charge is 0.316 e. The molecule has 2 aliphatic rings. The third-order valence-electron chi connectivity index (χ3n) is 5.31. The Morgan fingerprint density at radius 1 is 1.40 bits per heavy atom. The van der Waals surface area contributed by atoms with Crippen LogP contribution < -0.4 is 5.32 Å². The van der Waals surface area contributed by atoms with Crippen molar-refractivity contribution in [1.29, 1.82) is 0 Å². The topological polar surface area (TPSA) is 15.3 Å². The molecule has 1 aromatic rings. The Morgan fingerprint density at radius 2 is 2.15 bits per heavy atom. The molecule has 0 aliphatic carbocycles. The van der Waals surface area contributed by atoms with Crippen molar-refractivity contribution in [2.75, 3.05) is 19.6 Å². The van der Waals surface area contributed by atoms with Gasteiger partial charge in [0.05, 0.1) is 5.02 Å². The molecule has 0 bridgehead atoms. The summed E-state index contributed by atoms with van der Waals surface area (Å²) in [5, 5.41) is 3.71. The number of likely N-dealkylation sites (tertiary alicyclic amines) is 1. The minimum Gasteiger partial charge on any atom is -0.316 e. The van der Waals surface area contributed by atoms with Gasteiger partial charge in [-0.3, -0.25) is 4.90 Å². The van der Waals surface area contributed by atoms with Gasteiger partial charge in [-0.25, -0.2) is 4.39 Å². The van der Waals surface area contributed by atoms with Crippen molar-refractivity contribution in [1.82, 2.24) is 10.2 Å². The van der Waals surface area contributed by atoms with E-state index < -0.39 is 0 Å². The van der Waals surface area contributed by atoms with Gasteiger partial charge in [0.15, 0.2) is 0 Å². The summed E-state index contributed by atoms with van der Waals surface area (Å²) in [5.41, 5.74) is 1.26. The Balaban J connectivity index is 1.87. The summed E-state index contributed by atoms with van der Waals surface area (Å²) in [6.07, 6.45) is 0. The number of rotatable bonds is 2. The van der Waals surface area contributed by atoms with E-state index in [0.717, 1.165) is 31.1 Å². The van der Waals surface area contributed by atoms with E-state index in [9.17, 15) is 4.39 Å². The van der Waals surface area contributed by atoms with Crippen LogP contribution in [-0.2, 0) is 0 Å². The Hall–Kier alpha value is -0.640. The molecule has 0 aromatic heterocycles. The van der Waals surface area contributed by atoms with Gasteiger partial charge in [0.1, 0.15) is 5.82 Å². The summed E-state index contributed by atoms with van der Waals surface area (Å²) in [4.78, 5) is 2.55. The van der Waals surface area contributed by atoms with Crippen LogP contribution in [0.25, 0.3) is 0 Å². The lowest BCUT2D eigenvalue weighted by Crippen LogP contribution is -2.45. The number of hydrogen-bond donors (Lipinski definition) is 1. The second-order valence-electron chi connectivity index (χ2n) is 6.68. The van der Waals surface area contributed by atoms with Gasteiger partial charge in [-0.05, 0) is 56.8 Å². The molecule has 0 radical (unpaired) electrons. The highest BCUT2D eigenvalue weighted by Crippen LogP contribution is 2.45. The second kappa shape index (κ2) is 4.97. The van der Waals surface area contributed by atoms with Crippen LogP contribution in [0.15, 0.2) is 18.2 Å². The number of halogens is 2. The van der Waals surface area contributed by atoms with E-state index in [1.54, 1.807) is 6.07 Å². The van der Waals surface area contributed by atoms with Crippen molar-refractivity contribution in [2.45, 2.75) is 32.4 Å². The van der Waals surface area contributed by atoms with E-state index >= 15 is 0 Å². The first-order valence-corrected chi connectivity index (χ1v) is 7.71. The molecule has 2 nitrogen and oxygen atoms in total. The number of benzene rings is 1. The Morgan fingerprint density at radius 3 is 2.80 bits per heavy atom. The maximum atomic E-state index is 13.3. The molecular formula is C16H22ClFN2. The van der Waals surface area contributed by atoms with Crippen molar-refractivity contribution in [3.63, 3.8) is 0 Å². The van der Waals surface area contributed by atoms with Crippen molar-refractivity contribution < 1.29 is 4.39 Å². The predicted molar refractivity (Wildman–Crippen MR) is 80.5 cm³/mol. The van der Waals surface area contributed by atoms with Crippen molar-refractivity contribution in [3.05, 3.63) is 34.6 Å². The van der Waals surface area contributed by atoms with E-state index in [2.05, 4.69) is 31.0 Å². The van der Waals surface area contributed by atoms with Gasteiger partial charge in [0.25, 0.3) is 0 Å². The summed E-state index contributed by atoms with van der Waals surface area (Å²) in [5.74, 6) is 1.08. The molecule has 3 unspecified atom stereocenters. The second-order valence-corrected chi connectivity index (χ2v) is 7.09. The third kappa shape index (κ3) is 2.16. The summed E-state index contributed by atoms with van der Waals surface area (Å²) in [6, 6.07) is 5.35. The molecule has 2 fully saturated rings. The predicted octanol–water partition coefficient (Wildman–Crippen LogP) is 3.47. The van der Waals surface area contributed by atoms with Crippen LogP contribution in [0.1, 0.15) is 32.4 Å². The molecular weight excluding hydrogens is 275 g/mol. The lowest BCUT2D eigenvalue weighted by Gasteiger charge is -2.40. The maximum absolute atomic E-state index is 13.3. The minimum absolute atomic E-state index is 0.161. The first kappa shape index (κ1) is 14.3. The van der Waals surface area contributed by atoms with Gasteiger partial charge in [-0.1, -0.05) is 17.7 Å². The van der Waals surface area contributed by atoms with E-state index in [1.165, 1.54) is 6.07 Å². The smallest absolute Gasteiger partial charge is 0.141 e. The van der Waals surface area contributed by atoms with Crippen LogP contribution >= 0.6 is 11.6 Å². The normalized spacial score (nSPS) is 30.4. The van der Waals surface area contributed by atoms with Crippen LogP contribution in [-0.4, -0.2) is 30.1 Å². The lowest BCUT2D eigenvalue weighted by atomic mass is 9.84. The fourth-order valence-electron chi connectivity index (χ4n) is 4.06. The first-order valence-electron chi connectivity index (χ1n) is 7.33. The van der Waals surface area contributed by atoms with Crippen molar-refractivity contribution >= 4 is 11.6 Å². The van der Waals surface area contributed by atoms with Gasteiger partial charge in [0, 0.05) is 24.7 Å². The molecule has 3 rings (SSSR count). The zero-order valence-corrected chi connectivity index (χ0v) is 13.0. The average Bonchev–Trinajstić information content (AvgIpc) is 2.95. The zero-order chi connectivity index (χ0) is 14.5. The Kier molecular flexibility index (Phi) is 3.56. The number of nitrogens with one attached hydrogen (secondary N) is 1. The third-order valence-corrected chi connectivity index (χ3v) is 5.60. The highest BCUT2D eigenvalue weighted by atomic mass is 35.5. The fraction of sp³-hybridized carbons (Fsp3) is 0.625. The first-order chi connectivity index (χ1) is 9.41. The standard InChI is InChI=1S/C16H22ClFN2/c1-10(11-4-5-15(18)14(17)6-11)20-9-12-7-19-8-13(12)16(20,2)3/h4-6,10,12-13,19H,7-9H2,1-3H3. The van der Waals surface area contributed by atoms with Crippen LogP contribution in [0.2, 0.25) is 5.02 Å². The molecule has 1 N–H and O–H groups in total. The highest BCUT2D eigenvalue weighted by molar-refractivity contribution is 6.30. The van der Waals surface area contributed by atoms with Crippen LogP contribution in [0.5, 0.6) is 0 Å². The van der Waals surface area contributed by atoms with Gasteiger partial charge in [-0.15, -0.1) is 0 Å². The zero-order valence-electron chi connectivity index (χ0n) is 12.3. The van der Waals surface area contributed by atoms with Gasteiger partial charge in [-0.2, -0.15) is 0 Å². The molecule has 2 heterocycles. The van der Waals surface area contributed by atoms with Crippen molar-refractivity contribution in [2.24, 2.45) is 11.8 Å². The number of hydrogen-bond acceptors (Lipinski definition) is 2. The minimum atomic E-state index is -0.343. The van der Waals surface area contributed by atoms with Crippen LogP contribution in [0.3, 0.4) is 0 Å². The quantitative estimate of drug-likeness (QED) is 0.899. The summed E-state index contributed by atoms with van der Waals surface area (Å²) < 4.78 is 13.3. The SMILES string of the molecule is CC(c1ccc(F)c(Cl)c1)N1CC2CNCC2C1(C)C. The number of nitrogens with zero attached hydrogens (tertiary/aromatic N) is 1. The lowest BCUT2D eigenvalue weighted by molar-refractivity contribution is 0.0970. The van der Waals surface area contributed by atoms with E-state index in [1.807, 2.05) is 6.07 Å². The van der Waals surface area contributed by atoms with Gasteiger partial charge in [0.2, 0.25) is 0 Å². The highest BCUT2D eigenvalue weighted by Gasteiger charge is 2.50. The molecule has 20 heavy (non-hydrogen) atoms. The van der Waals surface area contributed by atoms with Crippen molar-refractivity contribution in [3.8, 4) is 0 Å². The molecule has 1 aromatic carbocycles. The molecule has 0 saturated carbocycles. The molecule has 2 aliphatic heterocycles. The maximum Gasteiger partial charge on any atom is 0.141 e. The molecule has 0 spiro atoms. The molecule has 0 amide bonds. The fourth-order valence-corrected chi connectivity index (χ4v) is 4.25. The summed E-state index contributed by atoms with van der Waals surface area (Å²) >= 11 is 5.93. The average molecular weight is 297 g/mol.